The zero-order valence-corrected chi connectivity index (χ0v) is 13.1. The molecule has 2 N–H and O–H groups in total. The van der Waals surface area contributed by atoms with Crippen LogP contribution < -0.4 is 5.73 Å². The molecule has 0 heterocycles. The van der Waals surface area contributed by atoms with Gasteiger partial charge >= 0.3 is 0 Å². The van der Waals surface area contributed by atoms with Crippen LogP contribution in [0.4, 0.5) is 0 Å². The number of carbonyl (C=O) groups excluding carboxylic acids is 1. The van der Waals surface area contributed by atoms with E-state index in [1.165, 1.54) is 38.5 Å². The molecule has 1 saturated carbocycles. The molecule has 1 aliphatic rings. The highest BCUT2D eigenvalue weighted by Gasteiger charge is 2.21. The smallest absolute Gasteiger partial charge is 0.222 e. The molecule has 3 heteroatoms. The fourth-order valence-electron chi connectivity index (χ4n) is 3.00. The van der Waals surface area contributed by atoms with Crippen LogP contribution in [0.25, 0.3) is 0 Å². The Morgan fingerprint density at radius 2 is 1.89 bits per heavy atom. The average Bonchev–Trinajstić information content (AvgIpc) is 2.39. The van der Waals surface area contributed by atoms with Crippen molar-refractivity contribution in [2.24, 2.45) is 17.1 Å². The molecule has 0 unspecified atom stereocenters. The largest absolute Gasteiger partial charge is 0.345 e. The number of carbonyl (C=O) groups is 1. The zero-order valence-electron chi connectivity index (χ0n) is 13.1. The molecule has 0 atom stereocenters. The predicted molar refractivity (Wildman–Crippen MR) is 80.9 cm³/mol. The highest BCUT2D eigenvalue weighted by atomic mass is 16.2. The number of hydrogen-bond donors (Lipinski definition) is 1. The van der Waals surface area contributed by atoms with Crippen molar-refractivity contribution < 1.29 is 4.79 Å². The number of nitrogens with zero attached hydrogens (tertiary/aromatic N) is 1. The first-order valence-electron chi connectivity index (χ1n) is 7.88. The topological polar surface area (TPSA) is 46.3 Å². The lowest BCUT2D eigenvalue weighted by molar-refractivity contribution is -0.131. The van der Waals surface area contributed by atoms with E-state index in [1.807, 2.05) is 11.9 Å². The van der Waals surface area contributed by atoms with Gasteiger partial charge in [0.1, 0.15) is 0 Å². The molecule has 1 aliphatic carbocycles. The summed E-state index contributed by atoms with van der Waals surface area (Å²) in [5, 5.41) is 0. The Kier molecular flexibility index (Phi) is 6.84. The van der Waals surface area contributed by atoms with Crippen molar-refractivity contribution in [1.82, 2.24) is 4.90 Å². The lowest BCUT2D eigenvalue weighted by atomic mass is 9.86. The molecule has 0 aromatic carbocycles. The van der Waals surface area contributed by atoms with Crippen LogP contribution in [0.15, 0.2) is 0 Å². The molecule has 19 heavy (non-hydrogen) atoms. The Morgan fingerprint density at radius 1 is 1.26 bits per heavy atom. The van der Waals surface area contributed by atoms with Crippen LogP contribution in [0.2, 0.25) is 0 Å². The summed E-state index contributed by atoms with van der Waals surface area (Å²) in [4.78, 5) is 13.9. The van der Waals surface area contributed by atoms with Gasteiger partial charge in [0.25, 0.3) is 0 Å². The average molecular weight is 268 g/mol. The number of rotatable bonds is 7. The third-order valence-electron chi connectivity index (χ3n) is 4.37. The maximum atomic E-state index is 12.1. The predicted octanol–water partition coefficient (Wildman–Crippen LogP) is 3.18. The number of amides is 1. The minimum Gasteiger partial charge on any atom is -0.345 e. The number of nitrogens with two attached hydrogens (primary N) is 1. The van der Waals surface area contributed by atoms with Crippen molar-refractivity contribution in [2.45, 2.75) is 65.2 Å². The second kappa shape index (κ2) is 7.88. The molecule has 0 aromatic rings. The van der Waals surface area contributed by atoms with Gasteiger partial charge in [0.05, 0.1) is 0 Å². The lowest BCUT2D eigenvalue weighted by Gasteiger charge is -2.29. The molecule has 0 saturated heterocycles. The van der Waals surface area contributed by atoms with Crippen LogP contribution in [0.3, 0.4) is 0 Å². The van der Waals surface area contributed by atoms with Gasteiger partial charge in [0.2, 0.25) is 5.91 Å². The van der Waals surface area contributed by atoms with Gasteiger partial charge in [-0.25, -0.2) is 0 Å². The monoisotopic (exact) mass is 268 g/mol. The van der Waals surface area contributed by atoms with Gasteiger partial charge in [-0.15, -0.1) is 0 Å². The number of hydrogen-bond acceptors (Lipinski definition) is 2. The van der Waals surface area contributed by atoms with Crippen LogP contribution in [0.1, 0.15) is 65.2 Å². The first-order chi connectivity index (χ1) is 8.94. The molecule has 1 rings (SSSR count). The first-order valence-corrected chi connectivity index (χ1v) is 7.88. The van der Waals surface area contributed by atoms with Crippen LogP contribution in [0.5, 0.6) is 0 Å². The molecular weight excluding hydrogens is 236 g/mol. The summed E-state index contributed by atoms with van der Waals surface area (Å²) >= 11 is 0. The summed E-state index contributed by atoms with van der Waals surface area (Å²) in [6.07, 6.45) is 9.94. The summed E-state index contributed by atoms with van der Waals surface area (Å²) < 4.78 is 0. The Morgan fingerprint density at radius 3 is 2.47 bits per heavy atom. The molecule has 112 valence electrons. The second-order valence-electron chi connectivity index (χ2n) is 7.01. The van der Waals surface area contributed by atoms with E-state index in [2.05, 4.69) is 13.8 Å². The van der Waals surface area contributed by atoms with Gasteiger partial charge in [-0.2, -0.15) is 0 Å². The molecule has 3 nitrogen and oxygen atoms in total. The van der Waals surface area contributed by atoms with E-state index in [9.17, 15) is 4.79 Å². The summed E-state index contributed by atoms with van der Waals surface area (Å²) in [7, 11) is 1.90. The Bertz CT molecular complexity index is 270. The maximum absolute atomic E-state index is 12.1. The van der Waals surface area contributed by atoms with E-state index in [1.54, 1.807) is 0 Å². The van der Waals surface area contributed by atoms with Crippen molar-refractivity contribution in [1.29, 1.82) is 0 Å². The van der Waals surface area contributed by atoms with Crippen LogP contribution in [-0.2, 0) is 4.79 Å². The highest BCUT2D eigenvalue weighted by molar-refractivity contribution is 5.75. The van der Waals surface area contributed by atoms with Gasteiger partial charge in [0, 0.05) is 20.0 Å². The van der Waals surface area contributed by atoms with E-state index in [4.69, 9.17) is 5.73 Å². The summed E-state index contributed by atoms with van der Waals surface area (Å²) in [6.45, 7) is 5.59. The quantitative estimate of drug-likeness (QED) is 0.771. The fourth-order valence-corrected chi connectivity index (χ4v) is 3.00. The van der Waals surface area contributed by atoms with E-state index >= 15 is 0 Å². The Balaban J connectivity index is 2.19. The third-order valence-corrected chi connectivity index (χ3v) is 4.37. The van der Waals surface area contributed by atoms with Crippen LogP contribution >= 0.6 is 0 Å². The van der Waals surface area contributed by atoms with Crippen molar-refractivity contribution >= 4 is 5.91 Å². The van der Waals surface area contributed by atoms with Crippen molar-refractivity contribution in [3.8, 4) is 0 Å². The summed E-state index contributed by atoms with van der Waals surface area (Å²) in [5.41, 5.74) is 5.74. The third kappa shape index (κ3) is 6.42. The summed E-state index contributed by atoms with van der Waals surface area (Å²) in [5.74, 6) is 1.16. The van der Waals surface area contributed by atoms with Crippen molar-refractivity contribution in [2.75, 3.05) is 20.1 Å². The fraction of sp³-hybridized carbons (Fsp3) is 0.938. The molecule has 0 aliphatic heterocycles. The normalized spacial score (nSPS) is 17.5. The Labute approximate surface area is 118 Å². The van der Waals surface area contributed by atoms with E-state index in [-0.39, 0.29) is 11.3 Å². The van der Waals surface area contributed by atoms with Gasteiger partial charge in [0.15, 0.2) is 0 Å². The van der Waals surface area contributed by atoms with Crippen LogP contribution in [0, 0.1) is 11.3 Å². The summed E-state index contributed by atoms with van der Waals surface area (Å²) in [6, 6.07) is 0. The zero-order chi connectivity index (χ0) is 14.3. The van der Waals surface area contributed by atoms with E-state index < -0.39 is 0 Å². The second-order valence-corrected chi connectivity index (χ2v) is 7.01. The molecule has 0 bridgehead atoms. The lowest BCUT2D eigenvalue weighted by Crippen LogP contribution is -2.39. The molecule has 1 amide bonds. The molecule has 0 spiro atoms. The molecular formula is C16H32N2O. The van der Waals surface area contributed by atoms with Gasteiger partial charge < -0.3 is 10.6 Å². The Hall–Kier alpha value is -0.570. The standard InChI is InChI=1S/C16H32N2O/c1-16(2,12-17)13-18(3)15(19)11-7-10-14-8-5-4-6-9-14/h14H,4-13,17H2,1-3H3. The van der Waals surface area contributed by atoms with Gasteiger partial charge in [-0.3, -0.25) is 4.79 Å². The van der Waals surface area contributed by atoms with Crippen molar-refractivity contribution in [3.63, 3.8) is 0 Å². The van der Waals surface area contributed by atoms with Gasteiger partial charge in [-0.1, -0.05) is 46.0 Å². The van der Waals surface area contributed by atoms with Crippen LogP contribution in [-0.4, -0.2) is 30.9 Å². The van der Waals surface area contributed by atoms with Crippen molar-refractivity contribution in [3.05, 3.63) is 0 Å². The van der Waals surface area contributed by atoms with E-state index in [0.717, 1.165) is 18.9 Å². The van der Waals surface area contributed by atoms with E-state index in [0.29, 0.717) is 13.0 Å². The molecule has 0 aromatic heterocycles. The molecule has 1 fully saturated rings. The minimum atomic E-state index is 0.0216. The first kappa shape index (κ1) is 16.5. The maximum Gasteiger partial charge on any atom is 0.222 e. The SMILES string of the molecule is CN(CC(C)(C)CN)C(=O)CCCC1CCCCC1. The van der Waals surface area contributed by atoms with Gasteiger partial charge in [-0.05, 0) is 30.7 Å². The molecule has 0 radical (unpaired) electrons. The highest BCUT2D eigenvalue weighted by Crippen LogP contribution is 2.27. The minimum absolute atomic E-state index is 0.0216.